The average molecular weight is 451 g/mol. The topological polar surface area (TPSA) is 113 Å². The first kappa shape index (κ1) is 22.6. The van der Waals surface area contributed by atoms with Crippen LogP contribution in [0.15, 0.2) is 60.2 Å². The predicted molar refractivity (Wildman–Crippen MR) is 120 cm³/mol. The second-order valence-electron chi connectivity index (χ2n) is 8.01. The van der Waals surface area contributed by atoms with E-state index in [0.717, 1.165) is 19.6 Å². The summed E-state index contributed by atoms with van der Waals surface area (Å²) in [6.07, 6.45) is 0.641. The number of morpholine rings is 1. The zero-order valence-corrected chi connectivity index (χ0v) is 18.1. The molecule has 9 nitrogen and oxygen atoms in total. The molecule has 2 fully saturated rings. The third-order valence-electron chi connectivity index (χ3n) is 5.98. The van der Waals surface area contributed by atoms with Crippen molar-refractivity contribution in [1.82, 2.24) is 9.80 Å². The fourth-order valence-corrected chi connectivity index (χ4v) is 4.28. The Kier molecular flexibility index (Phi) is 6.81. The van der Waals surface area contributed by atoms with Gasteiger partial charge in [-0.3, -0.25) is 24.6 Å². The molecule has 2 aromatic carbocycles. The van der Waals surface area contributed by atoms with Gasteiger partial charge >= 0.3 is 0 Å². The molecule has 0 saturated carbocycles. The molecule has 0 spiro atoms. The number of nitrogens with zero attached hydrogens (tertiary/aromatic N) is 3. The van der Waals surface area contributed by atoms with Crippen molar-refractivity contribution in [2.45, 2.75) is 12.5 Å². The normalized spacial score (nSPS) is 20.8. The summed E-state index contributed by atoms with van der Waals surface area (Å²) in [5, 5.41) is 22.1. The largest absolute Gasteiger partial charge is 0.507 e. The van der Waals surface area contributed by atoms with E-state index in [-0.39, 0.29) is 17.0 Å². The van der Waals surface area contributed by atoms with E-state index in [9.17, 15) is 24.8 Å². The Balaban J connectivity index is 1.67. The van der Waals surface area contributed by atoms with Crippen molar-refractivity contribution in [1.29, 1.82) is 0 Å². The van der Waals surface area contributed by atoms with E-state index in [1.165, 1.54) is 29.2 Å². The highest BCUT2D eigenvalue weighted by Gasteiger charge is 2.45. The number of rotatable bonds is 7. The van der Waals surface area contributed by atoms with Crippen LogP contribution in [0.25, 0.3) is 5.76 Å². The van der Waals surface area contributed by atoms with Crippen LogP contribution in [0.3, 0.4) is 0 Å². The summed E-state index contributed by atoms with van der Waals surface area (Å²) < 4.78 is 5.36. The Bertz CT molecular complexity index is 1060. The lowest BCUT2D eigenvalue weighted by atomic mass is 9.95. The van der Waals surface area contributed by atoms with Gasteiger partial charge in [-0.25, -0.2) is 0 Å². The summed E-state index contributed by atoms with van der Waals surface area (Å²) in [5.41, 5.74) is 0.858. The van der Waals surface area contributed by atoms with Crippen molar-refractivity contribution < 1.29 is 24.4 Å². The number of carbonyl (C=O) groups excluding carboxylic acids is 2. The Hall–Kier alpha value is -3.56. The van der Waals surface area contributed by atoms with Crippen molar-refractivity contribution >= 4 is 23.1 Å². The van der Waals surface area contributed by atoms with Gasteiger partial charge in [0.25, 0.3) is 17.4 Å². The van der Waals surface area contributed by atoms with E-state index in [2.05, 4.69) is 4.90 Å². The fraction of sp³-hybridized carbons (Fsp3) is 0.333. The molecule has 33 heavy (non-hydrogen) atoms. The fourth-order valence-electron chi connectivity index (χ4n) is 4.28. The van der Waals surface area contributed by atoms with Gasteiger partial charge in [-0.1, -0.05) is 30.3 Å². The van der Waals surface area contributed by atoms with Crippen LogP contribution in [0.2, 0.25) is 0 Å². The smallest absolute Gasteiger partial charge is 0.295 e. The predicted octanol–water partition coefficient (Wildman–Crippen LogP) is 2.74. The van der Waals surface area contributed by atoms with Crippen molar-refractivity contribution in [3.8, 4) is 0 Å². The number of ether oxygens (including phenoxy) is 1. The van der Waals surface area contributed by atoms with Gasteiger partial charge in [0.15, 0.2) is 0 Å². The number of Topliss-reactive ketones (excluding diaryl/α,β-unsaturated/α-hetero) is 1. The molecule has 0 aliphatic carbocycles. The lowest BCUT2D eigenvalue weighted by Crippen LogP contribution is -2.38. The summed E-state index contributed by atoms with van der Waals surface area (Å²) in [4.78, 5) is 40.3. The molecule has 2 aliphatic rings. The second kappa shape index (κ2) is 9.93. The molecule has 1 N–H and O–H groups in total. The first-order valence-electron chi connectivity index (χ1n) is 10.9. The van der Waals surface area contributed by atoms with E-state index in [1.54, 1.807) is 30.3 Å². The third kappa shape index (κ3) is 4.79. The number of aliphatic hydroxyl groups excluding tert-OH is 1. The molecule has 0 bridgehead atoms. The van der Waals surface area contributed by atoms with Crippen LogP contribution in [0, 0.1) is 10.1 Å². The third-order valence-corrected chi connectivity index (χ3v) is 5.98. The minimum atomic E-state index is -0.823. The average Bonchev–Trinajstić information content (AvgIpc) is 3.10. The van der Waals surface area contributed by atoms with E-state index in [0.29, 0.717) is 37.3 Å². The molecular weight excluding hydrogens is 426 g/mol. The van der Waals surface area contributed by atoms with Crippen LogP contribution in [-0.4, -0.2) is 70.9 Å². The molecule has 0 radical (unpaired) electrons. The maximum atomic E-state index is 13.0. The van der Waals surface area contributed by atoms with Gasteiger partial charge in [0.2, 0.25) is 0 Å². The van der Waals surface area contributed by atoms with Gasteiger partial charge in [-0.05, 0) is 24.1 Å². The molecule has 172 valence electrons. The van der Waals surface area contributed by atoms with Gasteiger partial charge in [-0.2, -0.15) is 0 Å². The number of hydrogen-bond acceptors (Lipinski definition) is 7. The van der Waals surface area contributed by atoms with Crippen LogP contribution in [-0.2, 0) is 14.3 Å². The molecule has 2 heterocycles. The van der Waals surface area contributed by atoms with Crippen LogP contribution in [0.4, 0.5) is 5.69 Å². The summed E-state index contributed by atoms with van der Waals surface area (Å²) in [6.45, 7) is 4.04. The Morgan fingerprint density at radius 2 is 1.70 bits per heavy atom. The standard InChI is InChI=1S/C24H25N3O6/c28-22(18-5-2-1-3-6-18)20-21(17-7-9-19(10-8-17)27(31)32)26(24(30)23(20)29)12-4-11-25-13-15-33-16-14-25/h1-3,5-10,21,28H,4,11-16H2/b22-20-. The number of amides is 1. The van der Waals surface area contributed by atoms with Crippen LogP contribution < -0.4 is 0 Å². The SMILES string of the molecule is O=C1C(=O)N(CCCN2CCOCC2)C(c2ccc([N+](=O)[O-])cc2)/C1=C(/O)c1ccccc1. The van der Waals surface area contributed by atoms with Crippen LogP contribution in [0.1, 0.15) is 23.6 Å². The van der Waals surface area contributed by atoms with E-state index >= 15 is 0 Å². The number of likely N-dealkylation sites (tertiary alicyclic amines) is 1. The maximum Gasteiger partial charge on any atom is 0.295 e. The summed E-state index contributed by atoms with van der Waals surface area (Å²) in [7, 11) is 0. The molecule has 9 heteroatoms. The number of carbonyl (C=O) groups is 2. The zero-order chi connectivity index (χ0) is 23.4. The summed E-state index contributed by atoms with van der Waals surface area (Å²) >= 11 is 0. The number of benzene rings is 2. The van der Waals surface area contributed by atoms with Crippen molar-refractivity contribution in [3.05, 3.63) is 81.4 Å². The molecule has 1 unspecified atom stereocenters. The van der Waals surface area contributed by atoms with E-state index in [4.69, 9.17) is 4.74 Å². The molecular formula is C24H25N3O6. The minimum absolute atomic E-state index is 0.00794. The zero-order valence-electron chi connectivity index (χ0n) is 18.1. The highest BCUT2D eigenvalue weighted by molar-refractivity contribution is 6.46. The summed E-state index contributed by atoms with van der Waals surface area (Å²) in [6, 6.07) is 13.5. The Morgan fingerprint density at radius 3 is 2.33 bits per heavy atom. The lowest BCUT2D eigenvalue weighted by Gasteiger charge is -2.29. The van der Waals surface area contributed by atoms with Crippen LogP contribution in [0.5, 0.6) is 0 Å². The highest BCUT2D eigenvalue weighted by Crippen LogP contribution is 2.39. The maximum absolute atomic E-state index is 13.0. The molecule has 1 atom stereocenters. The van der Waals surface area contributed by atoms with Crippen molar-refractivity contribution in [2.24, 2.45) is 0 Å². The number of nitro groups is 1. The molecule has 2 aliphatic heterocycles. The van der Waals surface area contributed by atoms with Crippen molar-refractivity contribution in [3.63, 3.8) is 0 Å². The lowest BCUT2D eigenvalue weighted by molar-refractivity contribution is -0.384. The van der Waals surface area contributed by atoms with Gasteiger partial charge < -0.3 is 14.7 Å². The number of hydrogen-bond donors (Lipinski definition) is 1. The monoisotopic (exact) mass is 451 g/mol. The first-order valence-corrected chi connectivity index (χ1v) is 10.9. The molecule has 0 aromatic heterocycles. The highest BCUT2D eigenvalue weighted by atomic mass is 16.6. The van der Waals surface area contributed by atoms with Crippen molar-refractivity contribution in [2.75, 3.05) is 39.4 Å². The van der Waals surface area contributed by atoms with E-state index in [1.807, 2.05) is 0 Å². The minimum Gasteiger partial charge on any atom is -0.507 e. The second-order valence-corrected chi connectivity index (χ2v) is 8.01. The summed E-state index contributed by atoms with van der Waals surface area (Å²) in [5.74, 6) is -1.70. The molecule has 1 amide bonds. The number of non-ortho nitro benzene ring substituents is 1. The number of nitro benzene ring substituents is 1. The quantitative estimate of drug-likeness (QED) is 0.226. The Morgan fingerprint density at radius 1 is 1.03 bits per heavy atom. The molecule has 2 saturated heterocycles. The first-order chi connectivity index (χ1) is 16.0. The Labute approximate surface area is 191 Å². The molecule has 2 aromatic rings. The van der Waals surface area contributed by atoms with E-state index < -0.39 is 22.7 Å². The van der Waals surface area contributed by atoms with Gasteiger partial charge in [-0.15, -0.1) is 0 Å². The number of ketones is 1. The number of aliphatic hydroxyl groups is 1. The van der Waals surface area contributed by atoms with Gasteiger partial charge in [0, 0.05) is 43.9 Å². The van der Waals surface area contributed by atoms with Crippen LogP contribution >= 0.6 is 0 Å². The van der Waals surface area contributed by atoms with Gasteiger partial charge in [0.05, 0.1) is 29.8 Å². The van der Waals surface area contributed by atoms with Gasteiger partial charge in [0.1, 0.15) is 5.76 Å². The molecule has 4 rings (SSSR count).